The van der Waals surface area contributed by atoms with Crippen molar-refractivity contribution in [2.45, 2.75) is 60.3 Å². The Morgan fingerprint density at radius 1 is 1.06 bits per heavy atom. The Bertz CT molecular complexity index is 191. The molecule has 0 heterocycles. The van der Waals surface area contributed by atoms with Gasteiger partial charge in [-0.3, -0.25) is 0 Å². The summed E-state index contributed by atoms with van der Waals surface area (Å²) in [5, 5.41) is 0. The zero-order valence-electron chi connectivity index (χ0n) is 11.7. The molecule has 1 saturated carbocycles. The fourth-order valence-corrected chi connectivity index (χ4v) is 2.03. The van der Waals surface area contributed by atoms with E-state index in [4.69, 9.17) is 0 Å². The summed E-state index contributed by atoms with van der Waals surface area (Å²) in [4.78, 5) is 0. The number of hydrogen-bond acceptors (Lipinski definition) is 0. The van der Waals surface area contributed by atoms with Crippen LogP contribution in [0.25, 0.3) is 0 Å². The number of hydrogen-bond donors (Lipinski definition) is 0. The highest BCUT2D eigenvalue weighted by Crippen LogP contribution is 2.27. The van der Waals surface area contributed by atoms with Gasteiger partial charge in [0.15, 0.2) is 0 Å². The highest BCUT2D eigenvalue weighted by atomic mass is 32.1. The molecule has 1 rings (SSSR count). The van der Waals surface area contributed by atoms with E-state index in [0.29, 0.717) is 0 Å². The van der Waals surface area contributed by atoms with Gasteiger partial charge in [0.25, 0.3) is 0 Å². The van der Waals surface area contributed by atoms with Crippen LogP contribution in [-0.4, -0.2) is 0 Å². The van der Waals surface area contributed by atoms with E-state index in [1.165, 1.54) is 31.3 Å². The molecule has 0 aliphatic heterocycles. The summed E-state index contributed by atoms with van der Waals surface area (Å²) in [6, 6.07) is 0. The van der Waals surface area contributed by atoms with Gasteiger partial charge in [0, 0.05) is 0 Å². The van der Waals surface area contributed by atoms with Crippen LogP contribution in [0.5, 0.6) is 0 Å². The summed E-state index contributed by atoms with van der Waals surface area (Å²) in [5.41, 5.74) is 1.35. The van der Waals surface area contributed by atoms with Crippen molar-refractivity contribution in [2.24, 2.45) is 11.8 Å². The van der Waals surface area contributed by atoms with Crippen molar-refractivity contribution in [2.75, 3.05) is 0 Å². The topological polar surface area (TPSA) is 0 Å². The van der Waals surface area contributed by atoms with Gasteiger partial charge < -0.3 is 0 Å². The molecule has 1 aliphatic rings. The molecule has 1 aliphatic carbocycles. The first kappa shape index (κ1) is 18.2. The maximum Gasteiger partial charge on any atom is -0.0439 e. The number of allylic oxidation sites excluding steroid dienone is 4. The van der Waals surface area contributed by atoms with Crippen molar-refractivity contribution in [1.29, 1.82) is 0 Å². The molecule has 1 heteroatoms. The van der Waals surface area contributed by atoms with Gasteiger partial charge in [0.2, 0.25) is 0 Å². The van der Waals surface area contributed by atoms with Gasteiger partial charge in [0.05, 0.1) is 0 Å². The average Bonchev–Trinajstić information content (AvgIpc) is 2.15. The minimum Gasteiger partial charge on any atom is -0.197 e. The van der Waals surface area contributed by atoms with Crippen molar-refractivity contribution in [3.05, 3.63) is 23.8 Å². The minimum atomic E-state index is 0. The molecule has 0 aromatic carbocycles. The zero-order valence-corrected chi connectivity index (χ0v) is 12.7. The number of rotatable bonds is 1. The fourth-order valence-electron chi connectivity index (χ4n) is 2.03. The van der Waals surface area contributed by atoms with Crippen LogP contribution in [0.1, 0.15) is 60.3 Å². The summed E-state index contributed by atoms with van der Waals surface area (Å²) in [5.74, 6) is 2.03. The third-order valence-corrected chi connectivity index (χ3v) is 2.82. The van der Waals surface area contributed by atoms with E-state index in [1.54, 1.807) is 0 Å². The van der Waals surface area contributed by atoms with Crippen LogP contribution in [0.2, 0.25) is 0 Å². The molecule has 2 atom stereocenters. The van der Waals surface area contributed by atoms with Gasteiger partial charge in [0.1, 0.15) is 0 Å². The molecule has 0 amide bonds. The Kier molecular flexibility index (Phi) is 12.9. The second kappa shape index (κ2) is 11.3. The Morgan fingerprint density at radius 3 is 1.75 bits per heavy atom. The monoisotopic (exact) mass is 242 g/mol. The second-order valence-corrected chi connectivity index (χ2v) is 5.15. The summed E-state index contributed by atoms with van der Waals surface area (Å²) in [7, 11) is 0. The largest absolute Gasteiger partial charge is 0.197 e. The van der Waals surface area contributed by atoms with Crippen LogP contribution in [0.15, 0.2) is 23.8 Å². The van der Waals surface area contributed by atoms with E-state index in [-0.39, 0.29) is 13.5 Å². The molecular formula is C15H30S. The highest BCUT2D eigenvalue weighted by molar-refractivity contribution is 7.59. The third kappa shape index (κ3) is 11.9. The molecular weight excluding hydrogens is 212 g/mol. The van der Waals surface area contributed by atoms with Gasteiger partial charge in [-0.25, -0.2) is 0 Å². The Labute approximate surface area is 110 Å². The van der Waals surface area contributed by atoms with E-state index < -0.39 is 0 Å². The van der Waals surface area contributed by atoms with E-state index in [1.807, 2.05) is 19.1 Å². The molecule has 2 unspecified atom stereocenters. The van der Waals surface area contributed by atoms with Crippen LogP contribution in [0, 0.1) is 11.8 Å². The highest BCUT2D eigenvalue weighted by Gasteiger charge is 2.13. The predicted octanol–water partition coefficient (Wildman–Crippen LogP) is 5.47. The first-order valence-electron chi connectivity index (χ1n) is 6.32. The quantitative estimate of drug-likeness (QED) is 0.535. The van der Waals surface area contributed by atoms with Crippen LogP contribution in [-0.2, 0) is 0 Å². The summed E-state index contributed by atoms with van der Waals surface area (Å²) >= 11 is 0. The maximum atomic E-state index is 2.37. The van der Waals surface area contributed by atoms with Crippen LogP contribution in [0.4, 0.5) is 0 Å². The van der Waals surface area contributed by atoms with Crippen molar-refractivity contribution in [3.63, 3.8) is 0 Å². The molecule has 0 aromatic heterocycles. The normalized spacial score (nSPS) is 24.1. The lowest BCUT2D eigenvalue weighted by molar-refractivity contribution is 0.301. The molecule has 0 radical (unpaired) electrons. The lowest BCUT2D eigenvalue weighted by Gasteiger charge is -2.22. The Morgan fingerprint density at radius 2 is 1.56 bits per heavy atom. The lowest BCUT2D eigenvalue weighted by atomic mass is 9.84. The van der Waals surface area contributed by atoms with Crippen LogP contribution < -0.4 is 0 Å². The first-order chi connectivity index (χ1) is 7.06. The molecule has 0 saturated heterocycles. The molecule has 96 valence electrons. The van der Waals surface area contributed by atoms with E-state index in [0.717, 1.165) is 11.8 Å². The summed E-state index contributed by atoms with van der Waals surface area (Å²) < 4.78 is 0. The average molecular weight is 242 g/mol. The maximum absolute atomic E-state index is 2.37. The van der Waals surface area contributed by atoms with E-state index in [9.17, 15) is 0 Å². The van der Waals surface area contributed by atoms with Gasteiger partial charge in [-0.2, -0.15) is 13.5 Å². The molecule has 16 heavy (non-hydrogen) atoms. The van der Waals surface area contributed by atoms with Gasteiger partial charge in [-0.1, -0.05) is 56.9 Å². The molecule has 0 bridgehead atoms. The molecule has 0 N–H and O–H groups in total. The molecule has 0 aromatic rings. The molecule has 0 nitrogen and oxygen atoms in total. The summed E-state index contributed by atoms with van der Waals surface area (Å²) in [6.45, 7) is 10.9. The van der Waals surface area contributed by atoms with Crippen LogP contribution >= 0.6 is 13.5 Å². The summed E-state index contributed by atoms with van der Waals surface area (Å²) in [6.07, 6.45) is 12.0. The van der Waals surface area contributed by atoms with Crippen molar-refractivity contribution in [1.82, 2.24) is 0 Å². The van der Waals surface area contributed by atoms with E-state index >= 15 is 0 Å². The fraction of sp³-hybridized carbons (Fsp3) is 0.733. The minimum absolute atomic E-state index is 0. The Balaban J connectivity index is 0. The Hall–Kier alpha value is -0.170. The van der Waals surface area contributed by atoms with E-state index in [2.05, 4.69) is 33.8 Å². The predicted molar refractivity (Wildman–Crippen MR) is 81.4 cm³/mol. The van der Waals surface area contributed by atoms with Gasteiger partial charge >= 0.3 is 0 Å². The van der Waals surface area contributed by atoms with Crippen molar-refractivity contribution < 1.29 is 0 Å². The van der Waals surface area contributed by atoms with Crippen molar-refractivity contribution >= 4 is 13.5 Å². The van der Waals surface area contributed by atoms with Crippen LogP contribution in [0.3, 0.4) is 0 Å². The SMILES string of the molecule is C/C=C\C=C(C)C.CC1CCCC(C)C1.S. The molecule has 1 fully saturated rings. The first-order valence-corrected chi connectivity index (χ1v) is 6.32. The van der Waals surface area contributed by atoms with Gasteiger partial charge in [-0.05, 0) is 39.0 Å². The second-order valence-electron chi connectivity index (χ2n) is 5.15. The zero-order chi connectivity index (χ0) is 11.7. The lowest BCUT2D eigenvalue weighted by Crippen LogP contribution is -2.09. The molecule has 0 spiro atoms. The van der Waals surface area contributed by atoms with Crippen molar-refractivity contribution in [3.8, 4) is 0 Å². The third-order valence-electron chi connectivity index (χ3n) is 2.82. The standard InChI is InChI=1S/C8H16.C7H12.H2S/c1-7-4-3-5-8(2)6-7;1-4-5-6-7(2)3;/h7-8H,3-6H2,1-2H3;4-6H,1-3H3;1H2/b;5-4-;. The van der Waals surface area contributed by atoms with Gasteiger partial charge in [-0.15, -0.1) is 0 Å². The smallest absolute Gasteiger partial charge is 0.0439 e.